The monoisotopic (exact) mass is 354 g/mol. The van der Waals surface area contributed by atoms with Crippen molar-refractivity contribution in [3.63, 3.8) is 0 Å². The van der Waals surface area contributed by atoms with E-state index >= 15 is 0 Å². The lowest BCUT2D eigenvalue weighted by molar-refractivity contribution is -0.0745. The molecule has 2 aromatic rings. The Balaban J connectivity index is 1.45. The molecule has 1 N–H and O–H groups in total. The van der Waals surface area contributed by atoms with Crippen molar-refractivity contribution in [2.75, 3.05) is 19.0 Å². The zero-order valence-corrected chi connectivity index (χ0v) is 15.5. The van der Waals surface area contributed by atoms with Gasteiger partial charge in [0, 0.05) is 30.9 Å². The van der Waals surface area contributed by atoms with Gasteiger partial charge in [-0.15, -0.1) is 0 Å². The third-order valence-electron chi connectivity index (χ3n) is 6.28. The quantitative estimate of drug-likeness (QED) is 0.824. The summed E-state index contributed by atoms with van der Waals surface area (Å²) in [5.74, 6) is 2.24. The zero-order valence-electron chi connectivity index (χ0n) is 15.5. The number of nitrogens with zero attached hydrogens (tertiary/aromatic N) is 1. The topological polar surface area (TPSA) is 24.5 Å². The second-order valence-electron chi connectivity index (χ2n) is 7.72. The van der Waals surface area contributed by atoms with Crippen molar-refractivity contribution in [1.82, 2.24) is 4.90 Å². The molecule has 2 saturated heterocycles. The Bertz CT molecular complexity index is 725. The number of piperidine rings is 2. The molecule has 0 aromatic heterocycles. The van der Waals surface area contributed by atoms with Crippen LogP contribution in [0.4, 0.5) is 10.1 Å². The number of benzene rings is 2. The molecule has 2 aromatic carbocycles. The Morgan fingerprint density at radius 1 is 1.08 bits per heavy atom. The van der Waals surface area contributed by atoms with Crippen LogP contribution in [0.25, 0.3) is 0 Å². The van der Waals surface area contributed by atoms with Crippen molar-refractivity contribution in [3.8, 4) is 5.75 Å². The number of ether oxygens (including phenoxy) is 1. The Labute approximate surface area is 155 Å². The minimum atomic E-state index is -0.191. The summed E-state index contributed by atoms with van der Waals surface area (Å²) in [5, 5.41) is 3.52. The molecule has 26 heavy (non-hydrogen) atoms. The van der Waals surface area contributed by atoms with E-state index in [0.717, 1.165) is 30.4 Å². The largest absolute Gasteiger partial charge is 0.497 e. The van der Waals surface area contributed by atoms with Crippen molar-refractivity contribution >= 4 is 5.69 Å². The molecular weight excluding hydrogens is 327 g/mol. The van der Waals surface area contributed by atoms with E-state index in [9.17, 15) is 4.39 Å². The maximum atomic E-state index is 13.1. The van der Waals surface area contributed by atoms with E-state index in [1.807, 2.05) is 24.3 Å². The normalized spacial score (nSPS) is 27.7. The molecule has 3 fully saturated rings. The van der Waals surface area contributed by atoms with Gasteiger partial charge in [0.15, 0.2) is 0 Å². The summed E-state index contributed by atoms with van der Waals surface area (Å²) in [6, 6.07) is 16.3. The van der Waals surface area contributed by atoms with Gasteiger partial charge in [-0.05, 0) is 66.6 Å². The lowest BCUT2D eigenvalue weighted by Crippen LogP contribution is -2.62. The van der Waals surface area contributed by atoms with E-state index < -0.39 is 0 Å². The van der Waals surface area contributed by atoms with Crippen LogP contribution >= 0.6 is 0 Å². The fourth-order valence-electron chi connectivity index (χ4n) is 4.50. The molecule has 138 valence electrons. The van der Waals surface area contributed by atoms with Crippen LogP contribution in [0.2, 0.25) is 0 Å². The molecule has 5 rings (SSSR count). The number of halogens is 1. The SMILES string of the molecule is COc1ccc(CN2C3CC(C3)C(C)C2CNc2ccc(F)cc2)cc1. The Hall–Kier alpha value is -2.07. The van der Waals surface area contributed by atoms with Gasteiger partial charge in [-0.3, -0.25) is 4.90 Å². The van der Waals surface area contributed by atoms with Crippen LogP contribution in [0.1, 0.15) is 25.3 Å². The van der Waals surface area contributed by atoms with Gasteiger partial charge in [-0.2, -0.15) is 0 Å². The van der Waals surface area contributed by atoms with Gasteiger partial charge in [0.25, 0.3) is 0 Å². The summed E-state index contributed by atoms with van der Waals surface area (Å²) in [4.78, 5) is 2.67. The van der Waals surface area contributed by atoms with Crippen LogP contribution in [-0.2, 0) is 6.54 Å². The number of nitrogens with one attached hydrogen (secondary N) is 1. The summed E-state index contributed by atoms with van der Waals surface area (Å²) < 4.78 is 18.4. The molecule has 1 aliphatic carbocycles. The van der Waals surface area contributed by atoms with Crippen molar-refractivity contribution in [2.45, 2.75) is 38.4 Å². The molecule has 2 bridgehead atoms. The number of hydrogen-bond donors (Lipinski definition) is 1. The van der Waals surface area contributed by atoms with Crippen LogP contribution < -0.4 is 10.1 Å². The van der Waals surface area contributed by atoms with E-state index in [2.05, 4.69) is 29.3 Å². The summed E-state index contributed by atoms with van der Waals surface area (Å²) in [5.41, 5.74) is 2.32. The average Bonchev–Trinajstić information content (AvgIpc) is 2.62. The number of fused-ring (bicyclic) bond motifs is 2. The number of rotatable bonds is 6. The molecule has 0 amide bonds. The van der Waals surface area contributed by atoms with Crippen LogP contribution in [0.15, 0.2) is 48.5 Å². The van der Waals surface area contributed by atoms with Crippen molar-refractivity contribution in [3.05, 3.63) is 59.9 Å². The van der Waals surface area contributed by atoms with Crippen molar-refractivity contribution in [1.29, 1.82) is 0 Å². The standard InChI is InChI=1S/C22H27FN2O/c1-15-17-11-20(12-17)25(14-16-3-9-21(26-2)10-4-16)22(15)13-24-19-7-5-18(23)6-8-19/h3-10,15,17,20,22,24H,11-14H2,1-2H3. The Morgan fingerprint density at radius 2 is 1.77 bits per heavy atom. The van der Waals surface area contributed by atoms with E-state index in [4.69, 9.17) is 4.74 Å². The van der Waals surface area contributed by atoms with E-state index in [1.165, 1.54) is 30.5 Å². The number of anilines is 1. The minimum Gasteiger partial charge on any atom is -0.497 e. The van der Waals surface area contributed by atoms with Crippen LogP contribution in [0, 0.1) is 17.7 Å². The maximum Gasteiger partial charge on any atom is 0.123 e. The van der Waals surface area contributed by atoms with Crippen molar-refractivity contribution in [2.24, 2.45) is 11.8 Å². The molecule has 2 heterocycles. The van der Waals surface area contributed by atoms with Gasteiger partial charge in [0.05, 0.1) is 7.11 Å². The van der Waals surface area contributed by atoms with Gasteiger partial charge in [-0.25, -0.2) is 4.39 Å². The van der Waals surface area contributed by atoms with Crippen molar-refractivity contribution < 1.29 is 9.13 Å². The molecule has 0 radical (unpaired) electrons. The highest BCUT2D eigenvalue weighted by molar-refractivity contribution is 5.43. The van der Waals surface area contributed by atoms with Crippen LogP contribution in [0.3, 0.4) is 0 Å². The summed E-state index contributed by atoms with van der Waals surface area (Å²) in [6.07, 6.45) is 2.65. The van der Waals surface area contributed by atoms with E-state index in [1.54, 1.807) is 7.11 Å². The second kappa shape index (κ2) is 7.28. The first-order valence-corrected chi connectivity index (χ1v) is 9.52. The number of hydrogen-bond acceptors (Lipinski definition) is 3. The highest BCUT2D eigenvalue weighted by atomic mass is 19.1. The molecule has 3 aliphatic rings. The second-order valence-corrected chi connectivity index (χ2v) is 7.72. The Morgan fingerprint density at radius 3 is 2.42 bits per heavy atom. The van der Waals surface area contributed by atoms with E-state index in [-0.39, 0.29) is 5.82 Å². The first kappa shape index (κ1) is 17.3. The molecule has 2 unspecified atom stereocenters. The van der Waals surface area contributed by atoms with Gasteiger partial charge in [-0.1, -0.05) is 19.1 Å². The third-order valence-corrected chi connectivity index (χ3v) is 6.28. The lowest BCUT2D eigenvalue weighted by Gasteiger charge is -2.57. The van der Waals surface area contributed by atoms with E-state index in [0.29, 0.717) is 18.0 Å². The molecule has 3 nitrogen and oxygen atoms in total. The fraction of sp³-hybridized carbons (Fsp3) is 0.455. The summed E-state index contributed by atoms with van der Waals surface area (Å²) in [7, 11) is 1.70. The van der Waals surface area contributed by atoms with Crippen LogP contribution in [-0.4, -0.2) is 30.6 Å². The molecule has 1 saturated carbocycles. The lowest BCUT2D eigenvalue weighted by atomic mass is 9.64. The molecule has 4 heteroatoms. The van der Waals surface area contributed by atoms with Gasteiger partial charge >= 0.3 is 0 Å². The first-order valence-electron chi connectivity index (χ1n) is 9.52. The predicted molar refractivity (Wildman–Crippen MR) is 103 cm³/mol. The molecule has 2 atom stereocenters. The average molecular weight is 354 g/mol. The van der Waals surface area contributed by atoms with Crippen LogP contribution in [0.5, 0.6) is 5.75 Å². The third kappa shape index (κ3) is 3.43. The highest BCUT2D eigenvalue weighted by Crippen LogP contribution is 2.46. The first-order chi connectivity index (χ1) is 12.6. The predicted octanol–water partition coefficient (Wildman–Crippen LogP) is 4.55. The zero-order chi connectivity index (χ0) is 18.1. The van der Waals surface area contributed by atoms with Gasteiger partial charge in [0.1, 0.15) is 11.6 Å². The Kier molecular flexibility index (Phi) is 4.86. The smallest absolute Gasteiger partial charge is 0.123 e. The molecule has 2 aliphatic heterocycles. The fourth-order valence-corrected chi connectivity index (χ4v) is 4.50. The molecule has 0 spiro atoms. The highest BCUT2D eigenvalue weighted by Gasteiger charge is 2.48. The van der Waals surface area contributed by atoms with Gasteiger partial charge < -0.3 is 10.1 Å². The van der Waals surface area contributed by atoms with Gasteiger partial charge in [0.2, 0.25) is 0 Å². The molecular formula is C22H27FN2O. The maximum absolute atomic E-state index is 13.1. The summed E-state index contributed by atoms with van der Waals surface area (Å²) >= 11 is 0. The minimum absolute atomic E-state index is 0.191. The number of methoxy groups -OCH3 is 1. The summed E-state index contributed by atoms with van der Waals surface area (Å²) in [6.45, 7) is 4.26.